The number of fused-ring (bicyclic) bond motifs is 3. The summed E-state index contributed by atoms with van der Waals surface area (Å²) >= 11 is 1.35. The topological polar surface area (TPSA) is 101 Å². The van der Waals surface area contributed by atoms with Crippen molar-refractivity contribution in [2.75, 3.05) is 5.73 Å². The number of nitrogen functional groups attached to an aromatic ring is 1. The molecule has 0 saturated carbocycles. The monoisotopic (exact) mass is 328 g/mol. The SMILES string of the molecule is Nc1nc2sccn2c1S(=O)(=O)N1C2CCC1CC(O)C2. The molecule has 21 heavy (non-hydrogen) atoms. The Morgan fingerprint density at radius 3 is 2.67 bits per heavy atom. The lowest BCUT2D eigenvalue weighted by atomic mass is 10.0. The average molecular weight is 328 g/mol. The molecule has 2 aliphatic heterocycles. The van der Waals surface area contributed by atoms with Crippen LogP contribution in [-0.4, -0.2) is 45.4 Å². The molecule has 0 radical (unpaired) electrons. The molecule has 2 atom stereocenters. The van der Waals surface area contributed by atoms with Crippen molar-refractivity contribution in [3.05, 3.63) is 11.6 Å². The molecule has 2 aliphatic rings. The number of aliphatic hydroxyl groups is 1. The zero-order valence-corrected chi connectivity index (χ0v) is 12.8. The first-order valence-electron chi connectivity index (χ1n) is 6.91. The summed E-state index contributed by atoms with van der Waals surface area (Å²) in [7, 11) is -3.70. The molecule has 0 amide bonds. The van der Waals surface area contributed by atoms with Crippen LogP contribution >= 0.6 is 11.3 Å². The second kappa shape index (κ2) is 4.42. The fourth-order valence-corrected chi connectivity index (χ4v) is 6.49. The van der Waals surface area contributed by atoms with Crippen molar-refractivity contribution in [1.82, 2.24) is 13.7 Å². The molecule has 114 valence electrons. The molecule has 0 spiro atoms. The number of nitrogens with zero attached hydrogens (tertiary/aromatic N) is 3. The quantitative estimate of drug-likeness (QED) is 0.843. The van der Waals surface area contributed by atoms with Gasteiger partial charge < -0.3 is 10.8 Å². The third-order valence-electron chi connectivity index (χ3n) is 4.41. The van der Waals surface area contributed by atoms with Gasteiger partial charge in [-0.1, -0.05) is 0 Å². The summed E-state index contributed by atoms with van der Waals surface area (Å²) in [4.78, 5) is 4.70. The maximum Gasteiger partial charge on any atom is 0.263 e. The number of rotatable bonds is 2. The Bertz CT molecular complexity index is 783. The predicted molar refractivity (Wildman–Crippen MR) is 78.6 cm³/mol. The summed E-state index contributed by atoms with van der Waals surface area (Å²) in [5, 5.41) is 11.7. The number of aliphatic hydroxyl groups excluding tert-OH is 1. The van der Waals surface area contributed by atoms with Crippen LogP contribution in [0.1, 0.15) is 25.7 Å². The smallest absolute Gasteiger partial charge is 0.263 e. The number of thiazole rings is 1. The van der Waals surface area contributed by atoms with Crippen LogP contribution < -0.4 is 5.73 Å². The lowest BCUT2D eigenvalue weighted by Gasteiger charge is -2.35. The third kappa shape index (κ3) is 1.84. The number of nitrogens with two attached hydrogens (primary N) is 1. The van der Waals surface area contributed by atoms with E-state index in [2.05, 4.69) is 4.98 Å². The molecule has 9 heteroatoms. The van der Waals surface area contributed by atoms with Crippen LogP contribution in [0.25, 0.3) is 4.96 Å². The van der Waals surface area contributed by atoms with Crippen molar-refractivity contribution in [3.63, 3.8) is 0 Å². The Balaban J connectivity index is 1.84. The Hall–Kier alpha value is -1.16. The van der Waals surface area contributed by atoms with Crippen LogP contribution in [0.2, 0.25) is 0 Å². The minimum atomic E-state index is -3.70. The molecule has 4 rings (SSSR count). The van der Waals surface area contributed by atoms with Gasteiger partial charge >= 0.3 is 0 Å². The summed E-state index contributed by atoms with van der Waals surface area (Å²) in [6.07, 6.45) is 3.87. The molecule has 0 aliphatic carbocycles. The summed E-state index contributed by atoms with van der Waals surface area (Å²) in [5.41, 5.74) is 5.85. The third-order valence-corrected chi connectivity index (χ3v) is 7.21. The van der Waals surface area contributed by atoms with Crippen LogP contribution in [0.4, 0.5) is 5.82 Å². The van der Waals surface area contributed by atoms with Crippen molar-refractivity contribution < 1.29 is 13.5 Å². The van der Waals surface area contributed by atoms with Gasteiger partial charge in [-0.25, -0.2) is 13.4 Å². The molecule has 7 nitrogen and oxygen atoms in total. The standard InChI is InChI=1S/C12H16N4O3S2/c13-10-11(15-3-4-20-12(15)14-10)21(18,19)16-7-1-2-8(16)6-9(17)5-7/h3-4,7-9,17H,1-2,5-6,13H2. The highest BCUT2D eigenvalue weighted by atomic mass is 32.2. The van der Waals surface area contributed by atoms with Gasteiger partial charge in [0.15, 0.2) is 15.8 Å². The molecule has 2 aromatic heterocycles. The van der Waals surface area contributed by atoms with E-state index in [1.54, 1.807) is 20.3 Å². The first-order valence-corrected chi connectivity index (χ1v) is 9.23. The second-order valence-electron chi connectivity index (χ2n) is 5.70. The van der Waals surface area contributed by atoms with E-state index >= 15 is 0 Å². The fraction of sp³-hybridized carbons (Fsp3) is 0.583. The van der Waals surface area contributed by atoms with Gasteiger partial charge in [-0.15, -0.1) is 11.3 Å². The van der Waals surface area contributed by atoms with Gasteiger partial charge in [0.1, 0.15) is 0 Å². The Morgan fingerprint density at radius 1 is 1.33 bits per heavy atom. The molecule has 4 heterocycles. The van der Waals surface area contributed by atoms with E-state index < -0.39 is 16.1 Å². The van der Waals surface area contributed by atoms with Crippen LogP contribution in [0.5, 0.6) is 0 Å². The summed E-state index contributed by atoms with van der Waals surface area (Å²) in [5.74, 6) is 0.0485. The number of imidazole rings is 1. The minimum absolute atomic E-state index is 0.0485. The summed E-state index contributed by atoms with van der Waals surface area (Å²) in [6.45, 7) is 0. The van der Waals surface area contributed by atoms with Crippen molar-refractivity contribution in [2.45, 2.75) is 48.9 Å². The van der Waals surface area contributed by atoms with Gasteiger partial charge in [-0.05, 0) is 25.7 Å². The predicted octanol–water partition coefficient (Wildman–Crippen LogP) is 0.654. The maximum atomic E-state index is 13.1. The number of aromatic nitrogens is 2. The van der Waals surface area contributed by atoms with Crippen molar-refractivity contribution in [3.8, 4) is 0 Å². The van der Waals surface area contributed by atoms with Crippen LogP contribution in [0, 0.1) is 0 Å². The van der Waals surface area contributed by atoms with Crippen LogP contribution in [-0.2, 0) is 10.0 Å². The molecule has 2 fully saturated rings. The summed E-state index contributed by atoms with van der Waals surface area (Å²) in [6, 6.07) is -0.264. The molecule has 2 aromatic rings. The first-order chi connectivity index (χ1) is 9.98. The highest BCUT2D eigenvalue weighted by molar-refractivity contribution is 7.89. The Labute approximate surface area is 126 Å². The molecule has 3 N–H and O–H groups in total. The van der Waals surface area contributed by atoms with E-state index in [1.165, 1.54) is 11.3 Å². The van der Waals surface area contributed by atoms with Gasteiger partial charge in [-0.2, -0.15) is 4.31 Å². The number of anilines is 1. The van der Waals surface area contributed by atoms with Crippen molar-refractivity contribution >= 4 is 32.1 Å². The lowest BCUT2D eigenvalue weighted by Crippen LogP contribution is -2.48. The van der Waals surface area contributed by atoms with E-state index in [9.17, 15) is 13.5 Å². The highest BCUT2D eigenvalue weighted by Crippen LogP contribution is 2.40. The minimum Gasteiger partial charge on any atom is -0.393 e. The normalized spacial score (nSPS) is 30.2. The van der Waals surface area contributed by atoms with Crippen molar-refractivity contribution in [1.29, 1.82) is 0 Å². The number of hydrogen-bond donors (Lipinski definition) is 2. The molecule has 2 unspecified atom stereocenters. The van der Waals surface area contributed by atoms with Gasteiger partial charge in [0.2, 0.25) is 0 Å². The van der Waals surface area contributed by atoms with E-state index in [0.29, 0.717) is 17.8 Å². The van der Waals surface area contributed by atoms with E-state index in [4.69, 9.17) is 5.73 Å². The first kappa shape index (κ1) is 13.5. The zero-order valence-electron chi connectivity index (χ0n) is 11.2. The Morgan fingerprint density at radius 2 is 2.00 bits per heavy atom. The van der Waals surface area contributed by atoms with Gasteiger partial charge in [0.25, 0.3) is 10.0 Å². The van der Waals surface area contributed by atoms with E-state index in [-0.39, 0.29) is 22.9 Å². The molecular weight excluding hydrogens is 312 g/mol. The fourth-order valence-electron chi connectivity index (χ4n) is 3.64. The van der Waals surface area contributed by atoms with E-state index in [1.807, 2.05) is 0 Å². The zero-order chi connectivity index (χ0) is 14.8. The number of piperidine rings is 1. The molecular formula is C12H16N4O3S2. The molecule has 2 bridgehead atoms. The largest absolute Gasteiger partial charge is 0.393 e. The van der Waals surface area contributed by atoms with Gasteiger partial charge in [-0.3, -0.25) is 4.40 Å². The van der Waals surface area contributed by atoms with Gasteiger partial charge in [0.05, 0.1) is 6.10 Å². The van der Waals surface area contributed by atoms with Crippen LogP contribution in [0.3, 0.4) is 0 Å². The molecule has 0 aromatic carbocycles. The lowest BCUT2D eigenvalue weighted by molar-refractivity contribution is 0.0767. The van der Waals surface area contributed by atoms with Gasteiger partial charge in [0, 0.05) is 23.7 Å². The molecule has 2 saturated heterocycles. The maximum absolute atomic E-state index is 13.1. The number of hydrogen-bond acceptors (Lipinski definition) is 6. The highest BCUT2D eigenvalue weighted by Gasteiger charge is 2.48. The second-order valence-corrected chi connectivity index (χ2v) is 8.33. The summed E-state index contributed by atoms with van der Waals surface area (Å²) < 4.78 is 29.2. The number of sulfonamides is 1. The van der Waals surface area contributed by atoms with Crippen LogP contribution in [0.15, 0.2) is 16.6 Å². The van der Waals surface area contributed by atoms with E-state index in [0.717, 1.165) is 12.8 Å². The van der Waals surface area contributed by atoms with Crippen molar-refractivity contribution in [2.24, 2.45) is 0 Å². The Kier molecular flexibility index (Phi) is 2.84. The average Bonchev–Trinajstić information content (AvgIpc) is 3.01.